The van der Waals surface area contributed by atoms with Crippen molar-refractivity contribution in [3.05, 3.63) is 0 Å². The van der Waals surface area contributed by atoms with Crippen LogP contribution in [0.25, 0.3) is 0 Å². The van der Waals surface area contributed by atoms with Crippen LogP contribution in [0.1, 0.15) is 32.6 Å². The number of nitrogens with zero attached hydrogens (tertiary/aromatic N) is 2. The number of hydrogen-bond acceptors (Lipinski definition) is 4. The van der Waals surface area contributed by atoms with Crippen LogP contribution < -0.4 is 10.7 Å². The summed E-state index contributed by atoms with van der Waals surface area (Å²) in [7, 11) is 0. The maximum Gasteiger partial charge on any atom is 0.270 e. The Balaban J connectivity index is 1.95. The monoisotopic (exact) mass is 266 g/mol. The van der Waals surface area contributed by atoms with E-state index in [0.717, 1.165) is 12.8 Å². The summed E-state index contributed by atoms with van der Waals surface area (Å²) >= 11 is 0. The van der Waals surface area contributed by atoms with E-state index in [-0.39, 0.29) is 23.8 Å². The summed E-state index contributed by atoms with van der Waals surface area (Å²) in [5.41, 5.74) is 2.72. The van der Waals surface area contributed by atoms with Crippen molar-refractivity contribution in [1.82, 2.24) is 15.6 Å². The van der Waals surface area contributed by atoms with Gasteiger partial charge in [0.15, 0.2) is 0 Å². The van der Waals surface area contributed by atoms with E-state index in [1.807, 2.05) is 0 Å². The van der Waals surface area contributed by atoms with Crippen LogP contribution in [-0.2, 0) is 14.4 Å². The van der Waals surface area contributed by atoms with Crippen molar-refractivity contribution in [2.45, 2.75) is 38.6 Å². The van der Waals surface area contributed by atoms with Crippen LogP contribution in [0.3, 0.4) is 0 Å². The number of hydrogen-bond donors (Lipinski definition) is 2. The van der Waals surface area contributed by atoms with Crippen molar-refractivity contribution in [2.24, 2.45) is 5.10 Å². The highest BCUT2D eigenvalue weighted by atomic mass is 16.2. The SMILES string of the molecule is CC(=O)NC1CCCN(C(=O)C2=NNC(=O)CC2)C1. The average molecular weight is 266 g/mol. The lowest BCUT2D eigenvalue weighted by atomic mass is 10.0. The van der Waals surface area contributed by atoms with Crippen LogP contribution in [0.4, 0.5) is 0 Å². The molecule has 0 saturated carbocycles. The first-order chi connectivity index (χ1) is 9.06. The molecule has 1 atom stereocenters. The number of rotatable bonds is 2. The molecular weight excluding hydrogens is 248 g/mol. The zero-order chi connectivity index (χ0) is 13.8. The lowest BCUT2D eigenvalue weighted by Gasteiger charge is -2.33. The van der Waals surface area contributed by atoms with Crippen LogP contribution >= 0.6 is 0 Å². The van der Waals surface area contributed by atoms with Crippen molar-refractivity contribution in [2.75, 3.05) is 13.1 Å². The van der Waals surface area contributed by atoms with Crippen molar-refractivity contribution < 1.29 is 14.4 Å². The fourth-order valence-electron chi connectivity index (χ4n) is 2.38. The Kier molecular flexibility index (Phi) is 4.13. The van der Waals surface area contributed by atoms with E-state index in [4.69, 9.17) is 0 Å². The minimum absolute atomic E-state index is 0.00832. The summed E-state index contributed by atoms with van der Waals surface area (Å²) in [6.07, 6.45) is 2.42. The molecule has 1 fully saturated rings. The highest BCUT2D eigenvalue weighted by Crippen LogP contribution is 2.12. The van der Waals surface area contributed by atoms with Crippen LogP contribution in [0, 0.1) is 0 Å². The first-order valence-corrected chi connectivity index (χ1v) is 6.48. The number of hydrazone groups is 1. The molecule has 104 valence electrons. The van der Waals surface area contributed by atoms with E-state index in [0.29, 0.717) is 31.6 Å². The topological polar surface area (TPSA) is 90.9 Å². The van der Waals surface area contributed by atoms with Gasteiger partial charge in [0.1, 0.15) is 5.71 Å². The van der Waals surface area contributed by atoms with E-state index in [1.54, 1.807) is 4.90 Å². The van der Waals surface area contributed by atoms with Gasteiger partial charge in [-0.05, 0) is 12.8 Å². The fraction of sp³-hybridized carbons (Fsp3) is 0.667. The maximum atomic E-state index is 12.2. The molecule has 2 heterocycles. The molecular formula is C12H18N4O3. The third kappa shape index (κ3) is 3.52. The number of piperidine rings is 1. The van der Waals surface area contributed by atoms with Gasteiger partial charge in [-0.3, -0.25) is 14.4 Å². The van der Waals surface area contributed by atoms with Gasteiger partial charge in [-0.2, -0.15) is 5.10 Å². The predicted octanol–water partition coefficient (Wildman–Crippen LogP) is -0.620. The van der Waals surface area contributed by atoms with Gasteiger partial charge in [0, 0.05) is 38.9 Å². The van der Waals surface area contributed by atoms with Crippen LogP contribution in [0.15, 0.2) is 5.10 Å². The van der Waals surface area contributed by atoms with Gasteiger partial charge < -0.3 is 10.2 Å². The number of nitrogens with one attached hydrogen (secondary N) is 2. The van der Waals surface area contributed by atoms with E-state index in [2.05, 4.69) is 15.8 Å². The molecule has 2 N–H and O–H groups in total. The summed E-state index contributed by atoms with van der Waals surface area (Å²) in [5.74, 6) is -0.386. The zero-order valence-corrected chi connectivity index (χ0v) is 10.9. The summed E-state index contributed by atoms with van der Waals surface area (Å²) in [6, 6.07) is 0.00832. The minimum atomic E-state index is -0.161. The molecule has 2 aliphatic heterocycles. The molecule has 0 bridgehead atoms. The van der Waals surface area contributed by atoms with E-state index in [9.17, 15) is 14.4 Å². The molecule has 0 aromatic rings. The normalized spacial score (nSPS) is 23.4. The molecule has 2 aliphatic rings. The van der Waals surface area contributed by atoms with Gasteiger partial charge in [-0.1, -0.05) is 0 Å². The third-order valence-electron chi connectivity index (χ3n) is 3.27. The fourth-order valence-corrected chi connectivity index (χ4v) is 2.38. The maximum absolute atomic E-state index is 12.2. The standard InChI is InChI=1S/C12H18N4O3/c1-8(17)13-9-3-2-6-16(7-9)12(19)10-4-5-11(18)15-14-10/h9H,2-7H2,1H3,(H,13,17)(H,15,18). The zero-order valence-electron chi connectivity index (χ0n) is 10.9. The van der Waals surface area contributed by atoms with Gasteiger partial charge in [0.05, 0.1) is 0 Å². The Morgan fingerprint density at radius 3 is 2.84 bits per heavy atom. The molecule has 0 spiro atoms. The third-order valence-corrected chi connectivity index (χ3v) is 3.27. The molecule has 1 unspecified atom stereocenters. The van der Waals surface area contributed by atoms with Gasteiger partial charge in [0.25, 0.3) is 5.91 Å². The molecule has 0 radical (unpaired) electrons. The van der Waals surface area contributed by atoms with Crippen molar-refractivity contribution in [3.8, 4) is 0 Å². The average Bonchev–Trinajstić information content (AvgIpc) is 2.38. The summed E-state index contributed by atoms with van der Waals surface area (Å²) in [6.45, 7) is 2.65. The van der Waals surface area contributed by atoms with Crippen molar-refractivity contribution in [1.29, 1.82) is 0 Å². The highest BCUT2D eigenvalue weighted by Gasteiger charge is 2.28. The Morgan fingerprint density at radius 2 is 2.21 bits per heavy atom. The predicted molar refractivity (Wildman–Crippen MR) is 68.2 cm³/mol. The Bertz CT molecular complexity index is 433. The van der Waals surface area contributed by atoms with E-state index < -0.39 is 0 Å². The first-order valence-electron chi connectivity index (χ1n) is 6.48. The lowest BCUT2D eigenvalue weighted by Crippen LogP contribution is -2.51. The van der Waals surface area contributed by atoms with Crippen molar-refractivity contribution >= 4 is 23.4 Å². The molecule has 1 saturated heterocycles. The quantitative estimate of drug-likeness (QED) is 0.698. The molecule has 0 aromatic carbocycles. The summed E-state index contributed by atoms with van der Waals surface area (Å²) in [4.78, 5) is 35.9. The van der Waals surface area contributed by atoms with Gasteiger partial charge in [-0.25, -0.2) is 5.43 Å². The number of likely N-dealkylation sites (tertiary alicyclic amines) is 1. The smallest absolute Gasteiger partial charge is 0.270 e. The van der Waals surface area contributed by atoms with Gasteiger partial charge >= 0.3 is 0 Å². The molecule has 3 amide bonds. The largest absolute Gasteiger partial charge is 0.352 e. The van der Waals surface area contributed by atoms with Crippen LogP contribution in [0.5, 0.6) is 0 Å². The Hall–Kier alpha value is -1.92. The second kappa shape index (κ2) is 5.81. The molecule has 7 heteroatoms. The lowest BCUT2D eigenvalue weighted by molar-refractivity contribution is -0.127. The molecule has 2 rings (SSSR count). The van der Waals surface area contributed by atoms with Gasteiger partial charge in [-0.15, -0.1) is 0 Å². The first kappa shape index (κ1) is 13.5. The molecule has 7 nitrogen and oxygen atoms in total. The van der Waals surface area contributed by atoms with E-state index >= 15 is 0 Å². The van der Waals surface area contributed by atoms with E-state index in [1.165, 1.54) is 6.92 Å². The Labute approximate surface area is 111 Å². The number of carbonyl (C=O) groups is 3. The number of carbonyl (C=O) groups excluding carboxylic acids is 3. The van der Waals surface area contributed by atoms with Crippen molar-refractivity contribution in [3.63, 3.8) is 0 Å². The second-order valence-electron chi connectivity index (χ2n) is 4.88. The minimum Gasteiger partial charge on any atom is -0.352 e. The highest BCUT2D eigenvalue weighted by molar-refractivity contribution is 6.39. The van der Waals surface area contributed by atoms with Gasteiger partial charge in [0.2, 0.25) is 11.8 Å². The summed E-state index contributed by atoms with van der Waals surface area (Å²) < 4.78 is 0. The van der Waals surface area contributed by atoms with Crippen LogP contribution in [0.2, 0.25) is 0 Å². The second-order valence-corrected chi connectivity index (χ2v) is 4.88. The summed E-state index contributed by atoms with van der Waals surface area (Å²) in [5, 5.41) is 6.64. The number of amides is 3. The Morgan fingerprint density at radius 1 is 1.42 bits per heavy atom. The van der Waals surface area contributed by atoms with Crippen LogP contribution in [-0.4, -0.2) is 47.5 Å². The molecule has 19 heavy (non-hydrogen) atoms. The molecule has 0 aromatic heterocycles. The molecule has 0 aliphatic carbocycles.